The first-order chi connectivity index (χ1) is 10.6. The maximum absolute atomic E-state index is 10.9. The van der Waals surface area contributed by atoms with Crippen LogP contribution in [0.15, 0.2) is 36.4 Å². The Labute approximate surface area is 138 Å². The summed E-state index contributed by atoms with van der Waals surface area (Å²) in [5.74, 6) is 0.311. The third-order valence-corrected chi connectivity index (χ3v) is 4.40. The van der Waals surface area contributed by atoms with E-state index in [0.717, 1.165) is 21.9 Å². The van der Waals surface area contributed by atoms with Gasteiger partial charge in [-0.2, -0.15) is 0 Å². The van der Waals surface area contributed by atoms with E-state index in [9.17, 15) is 5.11 Å². The Morgan fingerprint density at radius 2 is 1.43 bits per heavy atom. The lowest BCUT2D eigenvalue weighted by atomic mass is 9.78. The Bertz CT molecular complexity index is 895. The molecular formula is C21H25NO. The number of benzene rings is 2. The molecule has 0 aliphatic heterocycles. The number of pyridine rings is 1. The first-order valence-corrected chi connectivity index (χ1v) is 8.15. The van der Waals surface area contributed by atoms with Gasteiger partial charge in [-0.1, -0.05) is 65.8 Å². The lowest BCUT2D eigenvalue weighted by molar-refractivity contribution is 0.450. The van der Waals surface area contributed by atoms with Gasteiger partial charge in [0.1, 0.15) is 11.3 Å². The molecule has 0 spiro atoms. The number of aromatic hydroxyl groups is 1. The Morgan fingerprint density at radius 1 is 0.826 bits per heavy atom. The highest BCUT2D eigenvalue weighted by molar-refractivity contribution is 5.98. The number of phenols is 1. The molecule has 0 aliphatic rings. The van der Waals surface area contributed by atoms with Gasteiger partial charge in [0.05, 0.1) is 5.52 Å². The average Bonchev–Trinajstić information content (AvgIpc) is 2.43. The van der Waals surface area contributed by atoms with Gasteiger partial charge in [-0.15, -0.1) is 0 Å². The van der Waals surface area contributed by atoms with Crippen molar-refractivity contribution in [3.05, 3.63) is 47.5 Å². The fourth-order valence-corrected chi connectivity index (χ4v) is 3.11. The topological polar surface area (TPSA) is 33.1 Å². The van der Waals surface area contributed by atoms with Crippen molar-refractivity contribution in [1.29, 1.82) is 0 Å². The van der Waals surface area contributed by atoms with Crippen molar-refractivity contribution in [2.24, 2.45) is 0 Å². The van der Waals surface area contributed by atoms with Gasteiger partial charge in [0, 0.05) is 16.3 Å². The van der Waals surface area contributed by atoms with Crippen LogP contribution in [-0.4, -0.2) is 10.1 Å². The number of aromatic nitrogens is 1. The van der Waals surface area contributed by atoms with Crippen molar-refractivity contribution in [1.82, 2.24) is 4.98 Å². The molecule has 0 atom stereocenters. The molecule has 1 aromatic heterocycles. The smallest absolute Gasteiger partial charge is 0.145 e. The van der Waals surface area contributed by atoms with Crippen LogP contribution in [-0.2, 0) is 10.8 Å². The van der Waals surface area contributed by atoms with Gasteiger partial charge >= 0.3 is 0 Å². The lowest BCUT2D eigenvalue weighted by Crippen LogP contribution is -2.17. The van der Waals surface area contributed by atoms with Crippen LogP contribution in [0.4, 0.5) is 0 Å². The standard InChI is InChI=1S/C21H25NO/c1-20(2,3)15-12-16(21(4,5)6)19(23)18-14(15)11-13-9-7-8-10-17(13)22-18/h7-12,23H,1-6H3. The van der Waals surface area contributed by atoms with Crippen LogP contribution in [0.1, 0.15) is 52.7 Å². The molecule has 2 heteroatoms. The Kier molecular flexibility index (Phi) is 3.40. The van der Waals surface area contributed by atoms with Crippen LogP contribution in [0.5, 0.6) is 5.75 Å². The molecule has 1 heterocycles. The van der Waals surface area contributed by atoms with Crippen LogP contribution in [0, 0.1) is 0 Å². The third kappa shape index (κ3) is 2.67. The summed E-state index contributed by atoms with van der Waals surface area (Å²) < 4.78 is 0. The van der Waals surface area contributed by atoms with Gasteiger partial charge in [0.2, 0.25) is 0 Å². The number of para-hydroxylation sites is 1. The van der Waals surface area contributed by atoms with Crippen LogP contribution < -0.4 is 0 Å². The van der Waals surface area contributed by atoms with Crippen molar-refractivity contribution in [2.75, 3.05) is 0 Å². The molecule has 0 saturated heterocycles. The number of phenolic OH excluding ortho intramolecular Hbond substituents is 1. The summed E-state index contributed by atoms with van der Waals surface area (Å²) in [6, 6.07) is 12.4. The molecule has 120 valence electrons. The summed E-state index contributed by atoms with van der Waals surface area (Å²) in [5, 5.41) is 13.0. The maximum Gasteiger partial charge on any atom is 0.145 e. The summed E-state index contributed by atoms with van der Waals surface area (Å²) in [4.78, 5) is 4.78. The Hall–Kier alpha value is -2.09. The fourth-order valence-electron chi connectivity index (χ4n) is 3.11. The van der Waals surface area contributed by atoms with Gasteiger partial charge in [0.15, 0.2) is 0 Å². The maximum atomic E-state index is 10.9. The largest absolute Gasteiger partial charge is 0.505 e. The molecule has 1 N–H and O–H groups in total. The predicted octanol–water partition coefficient (Wildman–Crippen LogP) is 5.69. The summed E-state index contributed by atoms with van der Waals surface area (Å²) in [5.41, 5.74) is 3.66. The molecule has 0 radical (unpaired) electrons. The summed E-state index contributed by atoms with van der Waals surface area (Å²) in [7, 11) is 0. The minimum Gasteiger partial charge on any atom is -0.505 e. The van der Waals surface area contributed by atoms with Crippen LogP contribution >= 0.6 is 0 Å². The molecular weight excluding hydrogens is 282 g/mol. The number of hydrogen-bond acceptors (Lipinski definition) is 2. The van der Waals surface area contributed by atoms with Crippen molar-refractivity contribution in [3.8, 4) is 5.75 Å². The third-order valence-electron chi connectivity index (χ3n) is 4.40. The second kappa shape index (κ2) is 4.95. The van der Waals surface area contributed by atoms with Crippen LogP contribution in [0.25, 0.3) is 21.8 Å². The SMILES string of the molecule is CC(C)(C)c1cc(C(C)(C)C)c2cc3ccccc3nc2c1O. The molecule has 0 fully saturated rings. The summed E-state index contributed by atoms with van der Waals surface area (Å²) >= 11 is 0. The van der Waals surface area contributed by atoms with Crippen molar-refractivity contribution >= 4 is 21.8 Å². The van der Waals surface area contributed by atoms with E-state index in [1.165, 1.54) is 5.56 Å². The lowest BCUT2D eigenvalue weighted by Gasteiger charge is -2.27. The van der Waals surface area contributed by atoms with E-state index in [1.54, 1.807) is 0 Å². The van der Waals surface area contributed by atoms with E-state index in [4.69, 9.17) is 4.98 Å². The highest BCUT2D eigenvalue weighted by Gasteiger charge is 2.26. The second-order valence-corrected chi connectivity index (χ2v) is 8.40. The zero-order valence-electron chi connectivity index (χ0n) is 14.9. The van der Waals surface area contributed by atoms with Gasteiger partial charge in [0.25, 0.3) is 0 Å². The first kappa shape index (κ1) is 15.8. The molecule has 3 rings (SSSR count). The first-order valence-electron chi connectivity index (χ1n) is 8.15. The fraction of sp³-hybridized carbons (Fsp3) is 0.381. The highest BCUT2D eigenvalue weighted by Crippen LogP contribution is 2.42. The molecule has 2 aromatic carbocycles. The monoisotopic (exact) mass is 307 g/mol. The van der Waals surface area contributed by atoms with E-state index < -0.39 is 0 Å². The summed E-state index contributed by atoms with van der Waals surface area (Å²) in [6.07, 6.45) is 0. The minimum absolute atomic E-state index is 0.0178. The normalized spacial score (nSPS) is 13.0. The van der Waals surface area contributed by atoms with Crippen LogP contribution in [0.2, 0.25) is 0 Å². The van der Waals surface area contributed by atoms with E-state index in [0.29, 0.717) is 11.3 Å². The zero-order chi connectivity index (χ0) is 17.0. The van der Waals surface area contributed by atoms with E-state index in [-0.39, 0.29) is 10.8 Å². The van der Waals surface area contributed by atoms with Crippen molar-refractivity contribution in [2.45, 2.75) is 52.4 Å². The second-order valence-electron chi connectivity index (χ2n) is 8.40. The number of fused-ring (bicyclic) bond motifs is 2. The Balaban J connectivity index is 2.52. The van der Waals surface area contributed by atoms with Gasteiger partial charge in [-0.05, 0) is 28.5 Å². The van der Waals surface area contributed by atoms with E-state index in [2.05, 4.69) is 59.7 Å². The molecule has 3 aromatic rings. The Morgan fingerprint density at radius 3 is 2.04 bits per heavy atom. The van der Waals surface area contributed by atoms with Crippen molar-refractivity contribution < 1.29 is 5.11 Å². The van der Waals surface area contributed by atoms with Gasteiger partial charge < -0.3 is 5.11 Å². The molecule has 2 nitrogen and oxygen atoms in total. The van der Waals surface area contributed by atoms with Gasteiger partial charge in [-0.3, -0.25) is 0 Å². The minimum atomic E-state index is -0.133. The average molecular weight is 307 g/mol. The molecule has 0 unspecified atom stereocenters. The zero-order valence-corrected chi connectivity index (χ0v) is 14.9. The molecule has 0 bridgehead atoms. The highest BCUT2D eigenvalue weighted by atomic mass is 16.3. The van der Waals surface area contributed by atoms with Gasteiger partial charge in [-0.25, -0.2) is 4.98 Å². The molecule has 23 heavy (non-hydrogen) atoms. The van der Waals surface area contributed by atoms with Crippen molar-refractivity contribution in [3.63, 3.8) is 0 Å². The predicted molar refractivity (Wildman–Crippen MR) is 98.3 cm³/mol. The number of nitrogens with zero attached hydrogens (tertiary/aromatic N) is 1. The quantitative estimate of drug-likeness (QED) is 0.541. The summed E-state index contributed by atoms with van der Waals surface area (Å²) in [6.45, 7) is 13.0. The number of hydrogen-bond donors (Lipinski definition) is 1. The van der Waals surface area contributed by atoms with E-state index in [1.807, 2.05) is 18.2 Å². The number of rotatable bonds is 0. The molecule has 0 amide bonds. The van der Waals surface area contributed by atoms with Crippen LogP contribution in [0.3, 0.4) is 0 Å². The molecule has 0 saturated carbocycles. The van der Waals surface area contributed by atoms with E-state index >= 15 is 0 Å². The molecule has 0 aliphatic carbocycles.